The Morgan fingerprint density at radius 3 is 2.53 bits per heavy atom. The summed E-state index contributed by atoms with van der Waals surface area (Å²) >= 11 is 2.13. The van der Waals surface area contributed by atoms with Gasteiger partial charge in [-0.3, -0.25) is 0 Å². The van der Waals surface area contributed by atoms with Crippen molar-refractivity contribution in [2.75, 3.05) is 24.6 Å². The van der Waals surface area contributed by atoms with Crippen LogP contribution in [-0.2, 0) is 0 Å². The van der Waals surface area contributed by atoms with Crippen molar-refractivity contribution in [3.8, 4) is 0 Å². The molecule has 0 aromatic carbocycles. The molecule has 2 atom stereocenters. The molecular weight excluding hydrogens is 252 g/mol. The Balaban J connectivity index is 1.46. The Kier molecular flexibility index (Phi) is 5.10. The molecule has 3 fully saturated rings. The van der Waals surface area contributed by atoms with Gasteiger partial charge in [-0.2, -0.15) is 11.8 Å². The molecule has 2 nitrogen and oxygen atoms in total. The van der Waals surface area contributed by atoms with Gasteiger partial charge >= 0.3 is 0 Å². The fraction of sp³-hybridized carbons (Fsp3) is 1.00. The number of rotatable bonds is 4. The van der Waals surface area contributed by atoms with E-state index in [4.69, 9.17) is 0 Å². The van der Waals surface area contributed by atoms with Crippen LogP contribution in [0.3, 0.4) is 0 Å². The van der Waals surface area contributed by atoms with E-state index in [0.29, 0.717) is 0 Å². The lowest BCUT2D eigenvalue weighted by Crippen LogP contribution is -2.51. The van der Waals surface area contributed by atoms with Crippen LogP contribution in [0.1, 0.15) is 51.9 Å². The maximum absolute atomic E-state index is 3.94. The second kappa shape index (κ2) is 6.82. The molecule has 0 radical (unpaired) electrons. The molecule has 3 aliphatic rings. The molecule has 2 heterocycles. The van der Waals surface area contributed by atoms with Crippen LogP contribution in [0.25, 0.3) is 0 Å². The van der Waals surface area contributed by atoms with E-state index in [1.807, 2.05) is 0 Å². The molecule has 3 heteroatoms. The number of nitrogens with one attached hydrogen (secondary N) is 1. The summed E-state index contributed by atoms with van der Waals surface area (Å²) < 4.78 is 0. The van der Waals surface area contributed by atoms with E-state index in [1.165, 1.54) is 69.5 Å². The largest absolute Gasteiger partial charge is 0.311 e. The van der Waals surface area contributed by atoms with E-state index in [1.54, 1.807) is 0 Å². The van der Waals surface area contributed by atoms with E-state index in [0.717, 1.165) is 24.0 Å². The number of hydrogen-bond acceptors (Lipinski definition) is 3. The minimum atomic E-state index is 0.718. The zero-order chi connectivity index (χ0) is 13.1. The van der Waals surface area contributed by atoms with Gasteiger partial charge in [0.05, 0.1) is 0 Å². The molecule has 2 aliphatic heterocycles. The fourth-order valence-electron chi connectivity index (χ4n) is 3.90. The molecule has 1 N–H and O–H groups in total. The average Bonchev–Trinajstić information content (AvgIpc) is 2.38. The predicted octanol–water partition coefficient (Wildman–Crippen LogP) is 3.12. The van der Waals surface area contributed by atoms with Gasteiger partial charge in [0.15, 0.2) is 0 Å². The van der Waals surface area contributed by atoms with Crippen LogP contribution in [-0.4, -0.2) is 47.6 Å². The standard InChI is InChI=1S/C16H30N2S/c1-13(17-15-7-10-19-11-8-15)14-4-3-9-18(12-14)16-5-2-6-16/h13-17H,2-12H2,1H3/t13-,14-/m0/s1. The summed E-state index contributed by atoms with van der Waals surface area (Å²) in [5.74, 6) is 3.62. The number of piperidine rings is 1. The van der Waals surface area contributed by atoms with Crippen molar-refractivity contribution in [2.45, 2.75) is 70.0 Å². The lowest BCUT2D eigenvalue weighted by atomic mass is 9.85. The summed E-state index contributed by atoms with van der Waals surface area (Å²) in [4.78, 5) is 2.80. The Hall–Kier alpha value is 0.270. The van der Waals surface area contributed by atoms with Gasteiger partial charge in [0.2, 0.25) is 0 Å². The summed E-state index contributed by atoms with van der Waals surface area (Å²) in [6.07, 6.45) is 10.0. The van der Waals surface area contributed by atoms with Gasteiger partial charge in [-0.1, -0.05) is 6.42 Å². The topological polar surface area (TPSA) is 15.3 Å². The molecule has 0 aromatic heterocycles. The quantitative estimate of drug-likeness (QED) is 0.853. The fourth-order valence-corrected chi connectivity index (χ4v) is 5.01. The van der Waals surface area contributed by atoms with Crippen molar-refractivity contribution in [1.82, 2.24) is 10.2 Å². The molecule has 0 amide bonds. The van der Waals surface area contributed by atoms with Gasteiger partial charge in [-0.25, -0.2) is 0 Å². The first-order chi connectivity index (χ1) is 9.33. The van der Waals surface area contributed by atoms with Gasteiger partial charge in [-0.15, -0.1) is 0 Å². The molecule has 0 bridgehead atoms. The third-order valence-electron chi connectivity index (χ3n) is 5.51. The summed E-state index contributed by atoms with van der Waals surface area (Å²) in [6, 6.07) is 2.47. The second-order valence-electron chi connectivity index (χ2n) is 6.82. The van der Waals surface area contributed by atoms with Gasteiger partial charge < -0.3 is 10.2 Å². The zero-order valence-corrected chi connectivity index (χ0v) is 13.3. The highest BCUT2D eigenvalue weighted by atomic mass is 32.2. The van der Waals surface area contributed by atoms with Crippen LogP contribution in [0.15, 0.2) is 0 Å². The molecule has 1 aliphatic carbocycles. The lowest BCUT2D eigenvalue weighted by Gasteiger charge is -2.44. The summed E-state index contributed by atoms with van der Waals surface area (Å²) in [5.41, 5.74) is 0. The first-order valence-corrected chi connectivity index (χ1v) is 9.56. The van der Waals surface area contributed by atoms with E-state index < -0.39 is 0 Å². The van der Waals surface area contributed by atoms with Crippen LogP contribution in [0.5, 0.6) is 0 Å². The highest BCUT2D eigenvalue weighted by Gasteiger charge is 2.32. The summed E-state index contributed by atoms with van der Waals surface area (Å²) in [5, 5.41) is 3.94. The van der Waals surface area contributed by atoms with Gasteiger partial charge in [0.25, 0.3) is 0 Å². The van der Waals surface area contributed by atoms with Crippen molar-refractivity contribution >= 4 is 11.8 Å². The van der Waals surface area contributed by atoms with Crippen LogP contribution in [0.4, 0.5) is 0 Å². The minimum Gasteiger partial charge on any atom is -0.311 e. The summed E-state index contributed by atoms with van der Waals surface area (Å²) in [7, 11) is 0. The smallest absolute Gasteiger partial charge is 0.00954 e. The normalized spacial score (nSPS) is 33.0. The molecule has 1 saturated carbocycles. The number of thioether (sulfide) groups is 1. The monoisotopic (exact) mass is 282 g/mol. The van der Waals surface area contributed by atoms with E-state index in [-0.39, 0.29) is 0 Å². The summed E-state index contributed by atoms with van der Waals surface area (Å²) in [6.45, 7) is 5.17. The van der Waals surface area contributed by atoms with E-state index >= 15 is 0 Å². The predicted molar refractivity (Wildman–Crippen MR) is 84.9 cm³/mol. The number of likely N-dealkylation sites (tertiary alicyclic amines) is 1. The molecule has 0 aromatic rings. The van der Waals surface area contributed by atoms with Gasteiger partial charge in [-0.05, 0) is 69.4 Å². The first-order valence-electron chi connectivity index (χ1n) is 8.41. The van der Waals surface area contributed by atoms with Gasteiger partial charge in [0.1, 0.15) is 0 Å². The lowest BCUT2D eigenvalue weighted by molar-refractivity contribution is 0.0650. The number of nitrogens with zero attached hydrogens (tertiary/aromatic N) is 1. The van der Waals surface area contributed by atoms with E-state index in [9.17, 15) is 0 Å². The maximum Gasteiger partial charge on any atom is 0.00954 e. The zero-order valence-electron chi connectivity index (χ0n) is 12.4. The molecule has 0 unspecified atom stereocenters. The Morgan fingerprint density at radius 1 is 1.05 bits per heavy atom. The van der Waals surface area contributed by atoms with Crippen molar-refractivity contribution < 1.29 is 0 Å². The average molecular weight is 282 g/mol. The second-order valence-corrected chi connectivity index (χ2v) is 8.05. The third kappa shape index (κ3) is 3.68. The molecule has 0 spiro atoms. The van der Waals surface area contributed by atoms with Crippen LogP contribution >= 0.6 is 11.8 Å². The van der Waals surface area contributed by atoms with Crippen LogP contribution in [0.2, 0.25) is 0 Å². The van der Waals surface area contributed by atoms with Crippen molar-refractivity contribution in [1.29, 1.82) is 0 Å². The van der Waals surface area contributed by atoms with Gasteiger partial charge in [0, 0.05) is 24.7 Å². The first kappa shape index (κ1) is 14.2. The molecular formula is C16H30N2S. The molecule has 110 valence electrons. The van der Waals surface area contributed by atoms with E-state index in [2.05, 4.69) is 28.9 Å². The highest BCUT2D eigenvalue weighted by Crippen LogP contribution is 2.30. The molecule has 3 rings (SSSR count). The Morgan fingerprint density at radius 2 is 1.84 bits per heavy atom. The number of hydrogen-bond donors (Lipinski definition) is 1. The Bertz CT molecular complexity index is 274. The Labute approximate surface area is 123 Å². The molecule has 2 saturated heterocycles. The maximum atomic E-state index is 3.94. The highest BCUT2D eigenvalue weighted by molar-refractivity contribution is 7.99. The van der Waals surface area contributed by atoms with Crippen molar-refractivity contribution in [3.63, 3.8) is 0 Å². The third-order valence-corrected chi connectivity index (χ3v) is 6.56. The molecule has 19 heavy (non-hydrogen) atoms. The van der Waals surface area contributed by atoms with Crippen LogP contribution in [0, 0.1) is 5.92 Å². The van der Waals surface area contributed by atoms with Crippen molar-refractivity contribution in [3.05, 3.63) is 0 Å². The van der Waals surface area contributed by atoms with Crippen LogP contribution < -0.4 is 5.32 Å². The minimum absolute atomic E-state index is 0.718. The SMILES string of the molecule is C[C@H](NC1CCSCC1)[C@H]1CCCN(C2CCC2)C1. The van der Waals surface area contributed by atoms with Crippen molar-refractivity contribution in [2.24, 2.45) is 5.92 Å².